The van der Waals surface area contributed by atoms with E-state index in [0.29, 0.717) is 0 Å². The normalized spacial score (nSPS) is 13.3. The summed E-state index contributed by atoms with van der Waals surface area (Å²) in [7, 11) is 0. The first-order valence-electron chi connectivity index (χ1n) is 3.33. The largest absolute Gasteiger partial charge is 0.365 e. The molecular formula is C7H16O2. The molecule has 56 valence electrons. The molecule has 0 unspecified atom stereocenters. The fraction of sp³-hybridized carbons (Fsp3) is 1.00. The van der Waals surface area contributed by atoms with Crippen molar-refractivity contribution in [3.8, 4) is 0 Å². The summed E-state index contributed by atoms with van der Waals surface area (Å²) in [4.78, 5) is 0. The van der Waals surface area contributed by atoms with Gasteiger partial charge in [0.2, 0.25) is 0 Å². The molecular weight excluding hydrogens is 116 g/mol. The quantitative estimate of drug-likeness (QED) is 0.550. The molecule has 0 saturated carbocycles. The van der Waals surface area contributed by atoms with Crippen LogP contribution in [0.3, 0.4) is 0 Å². The van der Waals surface area contributed by atoms with Crippen LogP contribution in [0.1, 0.15) is 27.7 Å². The van der Waals surface area contributed by atoms with Crippen LogP contribution in [0.2, 0.25) is 0 Å². The van der Waals surface area contributed by atoms with Crippen molar-refractivity contribution < 1.29 is 10.2 Å². The van der Waals surface area contributed by atoms with Crippen molar-refractivity contribution in [1.29, 1.82) is 0 Å². The van der Waals surface area contributed by atoms with Crippen LogP contribution in [0.4, 0.5) is 0 Å². The van der Waals surface area contributed by atoms with Crippen LogP contribution in [-0.4, -0.2) is 16.0 Å². The molecule has 2 nitrogen and oxygen atoms in total. The van der Waals surface area contributed by atoms with Crippen molar-refractivity contribution in [3.05, 3.63) is 0 Å². The molecule has 0 amide bonds. The van der Waals surface area contributed by atoms with Gasteiger partial charge in [-0.05, 0) is 0 Å². The lowest BCUT2D eigenvalue weighted by molar-refractivity contribution is -0.221. The molecule has 0 aromatic rings. The van der Waals surface area contributed by atoms with E-state index in [2.05, 4.69) is 0 Å². The molecule has 2 N–H and O–H groups in total. The fourth-order valence-corrected chi connectivity index (χ4v) is 0.667. The van der Waals surface area contributed by atoms with Gasteiger partial charge in [-0.25, -0.2) is 0 Å². The Morgan fingerprint density at radius 1 is 0.889 bits per heavy atom. The minimum Gasteiger partial charge on any atom is -0.365 e. The molecule has 0 aromatic carbocycles. The van der Waals surface area contributed by atoms with E-state index in [1.807, 2.05) is 0 Å². The molecule has 0 aliphatic heterocycles. The van der Waals surface area contributed by atoms with Gasteiger partial charge in [0.05, 0.1) is 0 Å². The fourth-order valence-electron chi connectivity index (χ4n) is 0.667. The van der Waals surface area contributed by atoms with Gasteiger partial charge in [0.15, 0.2) is 5.79 Å². The molecule has 0 saturated heterocycles. The van der Waals surface area contributed by atoms with Crippen molar-refractivity contribution in [3.63, 3.8) is 0 Å². The Labute approximate surface area is 56.5 Å². The van der Waals surface area contributed by atoms with Gasteiger partial charge in [-0.3, -0.25) is 0 Å². The van der Waals surface area contributed by atoms with Crippen molar-refractivity contribution in [2.24, 2.45) is 11.8 Å². The van der Waals surface area contributed by atoms with Gasteiger partial charge < -0.3 is 10.2 Å². The summed E-state index contributed by atoms with van der Waals surface area (Å²) >= 11 is 0. The zero-order chi connectivity index (χ0) is 7.65. The SMILES string of the molecule is CC(C)C(O)(O)C(C)C. The molecule has 0 aliphatic carbocycles. The molecule has 0 fully saturated rings. The zero-order valence-corrected chi connectivity index (χ0v) is 6.55. The van der Waals surface area contributed by atoms with E-state index in [4.69, 9.17) is 0 Å². The van der Waals surface area contributed by atoms with Crippen LogP contribution in [0, 0.1) is 11.8 Å². The van der Waals surface area contributed by atoms with Crippen LogP contribution in [-0.2, 0) is 0 Å². The molecule has 0 radical (unpaired) electrons. The van der Waals surface area contributed by atoms with Crippen LogP contribution in [0.5, 0.6) is 0 Å². The van der Waals surface area contributed by atoms with Crippen molar-refractivity contribution >= 4 is 0 Å². The molecule has 9 heavy (non-hydrogen) atoms. The first-order chi connectivity index (χ1) is 3.89. The molecule has 0 atom stereocenters. The molecule has 0 aromatic heterocycles. The Morgan fingerprint density at radius 2 is 1.11 bits per heavy atom. The van der Waals surface area contributed by atoms with Gasteiger partial charge in [0, 0.05) is 11.8 Å². The predicted molar refractivity (Wildman–Crippen MR) is 36.8 cm³/mol. The highest BCUT2D eigenvalue weighted by molar-refractivity contribution is 4.71. The first-order valence-corrected chi connectivity index (χ1v) is 3.33. The Hall–Kier alpha value is -0.0800. The second-order valence-electron chi connectivity index (χ2n) is 3.09. The van der Waals surface area contributed by atoms with Crippen molar-refractivity contribution in [2.75, 3.05) is 0 Å². The number of rotatable bonds is 2. The minimum atomic E-state index is -1.50. The highest BCUT2D eigenvalue weighted by atomic mass is 16.5. The van der Waals surface area contributed by atoms with E-state index in [-0.39, 0.29) is 11.8 Å². The van der Waals surface area contributed by atoms with Crippen molar-refractivity contribution in [2.45, 2.75) is 33.5 Å². The number of aliphatic hydroxyl groups is 2. The van der Waals surface area contributed by atoms with E-state index < -0.39 is 5.79 Å². The first kappa shape index (κ1) is 8.92. The van der Waals surface area contributed by atoms with E-state index in [1.165, 1.54) is 0 Å². The van der Waals surface area contributed by atoms with Crippen LogP contribution >= 0.6 is 0 Å². The van der Waals surface area contributed by atoms with Gasteiger partial charge in [-0.1, -0.05) is 27.7 Å². The molecule has 0 rings (SSSR count). The second kappa shape index (κ2) is 2.67. The summed E-state index contributed by atoms with van der Waals surface area (Å²) < 4.78 is 0. The summed E-state index contributed by atoms with van der Waals surface area (Å²) in [5.41, 5.74) is 0. The lowest BCUT2D eigenvalue weighted by atomic mass is 9.92. The summed E-state index contributed by atoms with van der Waals surface area (Å²) in [6, 6.07) is 0. The second-order valence-corrected chi connectivity index (χ2v) is 3.09. The third-order valence-electron chi connectivity index (χ3n) is 1.70. The van der Waals surface area contributed by atoms with Gasteiger partial charge in [-0.15, -0.1) is 0 Å². The highest BCUT2D eigenvalue weighted by Gasteiger charge is 2.30. The monoisotopic (exact) mass is 132 g/mol. The van der Waals surface area contributed by atoms with E-state index >= 15 is 0 Å². The van der Waals surface area contributed by atoms with Gasteiger partial charge >= 0.3 is 0 Å². The molecule has 0 bridgehead atoms. The molecule has 0 heterocycles. The van der Waals surface area contributed by atoms with Gasteiger partial charge in [0.25, 0.3) is 0 Å². The van der Waals surface area contributed by atoms with Crippen LogP contribution in [0.25, 0.3) is 0 Å². The third-order valence-corrected chi connectivity index (χ3v) is 1.70. The van der Waals surface area contributed by atoms with E-state index in [0.717, 1.165) is 0 Å². The third kappa shape index (κ3) is 1.95. The summed E-state index contributed by atoms with van der Waals surface area (Å²) in [6.07, 6.45) is 0. The maximum Gasteiger partial charge on any atom is 0.167 e. The maximum absolute atomic E-state index is 9.22. The minimum absolute atomic E-state index is 0.0995. The topological polar surface area (TPSA) is 40.5 Å². The molecule has 0 aliphatic rings. The Morgan fingerprint density at radius 3 is 1.11 bits per heavy atom. The summed E-state index contributed by atoms with van der Waals surface area (Å²) in [5.74, 6) is -1.70. The van der Waals surface area contributed by atoms with E-state index in [1.54, 1.807) is 27.7 Å². The van der Waals surface area contributed by atoms with E-state index in [9.17, 15) is 10.2 Å². The molecule has 0 spiro atoms. The predicted octanol–water partition coefficient (Wildman–Crippen LogP) is 0.979. The van der Waals surface area contributed by atoms with Gasteiger partial charge in [0.1, 0.15) is 0 Å². The Bertz CT molecular complexity index is 74.9. The smallest absolute Gasteiger partial charge is 0.167 e. The summed E-state index contributed by atoms with van der Waals surface area (Å²) in [5, 5.41) is 18.4. The number of hydrogen-bond acceptors (Lipinski definition) is 2. The standard InChI is InChI=1S/C7H16O2/c1-5(2)7(8,9)6(3)4/h5-6,8-9H,1-4H3. The Balaban J connectivity index is 4.01. The lowest BCUT2D eigenvalue weighted by Crippen LogP contribution is -2.40. The highest BCUT2D eigenvalue weighted by Crippen LogP contribution is 2.21. The van der Waals surface area contributed by atoms with Crippen LogP contribution < -0.4 is 0 Å². The molecule has 2 heteroatoms. The average molecular weight is 132 g/mol. The Kier molecular flexibility index (Phi) is 2.65. The summed E-state index contributed by atoms with van der Waals surface area (Å²) in [6.45, 7) is 7.17. The number of hydrogen-bond donors (Lipinski definition) is 2. The van der Waals surface area contributed by atoms with Crippen molar-refractivity contribution in [1.82, 2.24) is 0 Å². The average Bonchev–Trinajstić information content (AvgIpc) is 1.65. The maximum atomic E-state index is 9.22. The van der Waals surface area contributed by atoms with Gasteiger partial charge in [-0.2, -0.15) is 0 Å². The zero-order valence-electron chi connectivity index (χ0n) is 6.55. The lowest BCUT2D eigenvalue weighted by Gasteiger charge is -2.29. The van der Waals surface area contributed by atoms with Crippen LogP contribution in [0.15, 0.2) is 0 Å².